The summed E-state index contributed by atoms with van der Waals surface area (Å²) in [6, 6.07) is 4.51. The van der Waals surface area contributed by atoms with Crippen LogP contribution < -0.4 is 10.6 Å². The smallest absolute Gasteiger partial charge is 0.270 e. The van der Waals surface area contributed by atoms with Crippen molar-refractivity contribution in [1.29, 1.82) is 0 Å². The SMILES string of the molecule is C=CCNC(=O)c1cc(Nc2ccc(F)cc2F)nc(C)n1. The Morgan fingerprint density at radius 2 is 2.09 bits per heavy atom. The molecule has 0 atom stereocenters. The second kappa shape index (κ2) is 6.75. The molecule has 22 heavy (non-hydrogen) atoms. The average Bonchev–Trinajstić information content (AvgIpc) is 2.47. The molecule has 114 valence electrons. The molecule has 1 aromatic carbocycles. The molecular weight excluding hydrogens is 290 g/mol. The number of nitrogens with one attached hydrogen (secondary N) is 2. The van der Waals surface area contributed by atoms with E-state index in [2.05, 4.69) is 27.2 Å². The summed E-state index contributed by atoms with van der Waals surface area (Å²) in [7, 11) is 0. The Bertz CT molecular complexity index is 719. The van der Waals surface area contributed by atoms with Crippen LogP contribution in [0.25, 0.3) is 0 Å². The quantitative estimate of drug-likeness (QED) is 0.834. The predicted molar refractivity (Wildman–Crippen MR) is 78.9 cm³/mol. The average molecular weight is 304 g/mol. The van der Waals surface area contributed by atoms with E-state index in [9.17, 15) is 13.6 Å². The Kier molecular flexibility index (Phi) is 4.77. The van der Waals surface area contributed by atoms with Gasteiger partial charge in [-0.3, -0.25) is 4.79 Å². The number of amides is 1. The maximum absolute atomic E-state index is 13.6. The van der Waals surface area contributed by atoms with Gasteiger partial charge in [0.15, 0.2) is 0 Å². The van der Waals surface area contributed by atoms with E-state index in [1.807, 2.05) is 0 Å². The van der Waals surface area contributed by atoms with Gasteiger partial charge >= 0.3 is 0 Å². The highest BCUT2D eigenvalue weighted by Gasteiger charge is 2.11. The number of rotatable bonds is 5. The highest BCUT2D eigenvalue weighted by molar-refractivity contribution is 5.93. The standard InChI is InChI=1S/C15H14F2N4O/c1-3-6-18-15(22)13-8-14(20-9(2)19-13)21-12-5-4-10(16)7-11(12)17/h3-5,7-8H,1,6H2,2H3,(H,18,22)(H,19,20,21). The number of aryl methyl sites for hydroxylation is 1. The van der Waals surface area contributed by atoms with Crippen molar-refractivity contribution in [3.05, 3.63) is 60.1 Å². The van der Waals surface area contributed by atoms with Crippen molar-refractivity contribution < 1.29 is 13.6 Å². The lowest BCUT2D eigenvalue weighted by Crippen LogP contribution is -2.24. The molecule has 0 unspecified atom stereocenters. The molecular formula is C15H14F2N4O. The van der Waals surface area contributed by atoms with Crippen LogP contribution in [0.5, 0.6) is 0 Å². The summed E-state index contributed by atoms with van der Waals surface area (Å²) in [4.78, 5) is 20.0. The fourth-order valence-electron chi connectivity index (χ4n) is 1.73. The molecule has 0 radical (unpaired) electrons. The minimum absolute atomic E-state index is 0.0527. The molecule has 2 rings (SSSR count). The molecule has 0 saturated heterocycles. The normalized spacial score (nSPS) is 10.1. The van der Waals surface area contributed by atoms with Gasteiger partial charge in [0.1, 0.15) is 29.0 Å². The minimum atomic E-state index is -0.756. The van der Waals surface area contributed by atoms with Gasteiger partial charge in [-0.25, -0.2) is 18.7 Å². The molecule has 7 heteroatoms. The highest BCUT2D eigenvalue weighted by Crippen LogP contribution is 2.20. The highest BCUT2D eigenvalue weighted by atomic mass is 19.1. The second-order valence-electron chi connectivity index (χ2n) is 4.43. The fraction of sp³-hybridized carbons (Fsp3) is 0.133. The van der Waals surface area contributed by atoms with Crippen molar-refractivity contribution in [2.75, 3.05) is 11.9 Å². The molecule has 0 aliphatic rings. The molecule has 0 saturated carbocycles. The largest absolute Gasteiger partial charge is 0.347 e. The third-order valence-electron chi connectivity index (χ3n) is 2.67. The van der Waals surface area contributed by atoms with Crippen LogP contribution in [0.15, 0.2) is 36.9 Å². The van der Waals surface area contributed by atoms with Gasteiger partial charge in [-0.15, -0.1) is 6.58 Å². The van der Waals surface area contributed by atoms with Crippen molar-refractivity contribution in [2.24, 2.45) is 0 Å². The lowest BCUT2D eigenvalue weighted by atomic mass is 10.3. The number of carbonyl (C=O) groups is 1. The number of aromatic nitrogens is 2. The third kappa shape index (κ3) is 3.85. The Balaban J connectivity index is 2.26. The fourth-order valence-corrected chi connectivity index (χ4v) is 1.73. The Labute approximate surface area is 126 Å². The molecule has 0 aliphatic carbocycles. The van der Waals surface area contributed by atoms with Crippen molar-refractivity contribution in [2.45, 2.75) is 6.92 Å². The van der Waals surface area contributed by atoms with Gasteiger partial charge in [-0.1, -0.05) is 6.08 Å². The topological polar surface area (TPSA) is 66.9 Å². The summed E-state index contributed by atoms with van der Waals surface area (Å²) in [5.74, 6) is -1.24. The Morgan fingerprint density at radius 3 is 2.77 bits per heavy atom. The molecule has 0 spiro atoms. The maximum Gasteiger partial charge on any atom is 0.270 e. The van der Waals surface area contributed by atoms with Crippen LogP contribution in [0, 0.1) is 18.6 Å². The van der Waals surface area contributed by atoms with Gasteiger partial charge in [0.2, 0.25) is 0 Å². The van der Waals surface area contributed by atoms with E-state index in [0.717, 1.165) is 12.1 Å². The molecule has 1 heterocycles. The number of hydrogen-bond acceptors (Lipinski definition) is 4. The van der Waals surface area contributed by atoms with Gasteiger partial charge in [0.05, 0.1) is 5.69 Å². The molecule has 0 fully saturated rings. The van der Waals surface area contributed by atoms with Crippen molar-refractivity contribution in [3.63, 3.8) is 0 Å². The van der Waals surface area contributed by atoms with E-state index in [1.165, 1.54) is 12.1 Å². The molecule has 0 bridgehead atoms. The first-order valence-corrected chi connectivity index (χ1v) is 6.46. The summed E-state index contributed by atoms with van der Waals surface area (Å²) >= 11 is 0. The van der Waals surface area contributed by atoms with Gasteiger partial charge in [0.25, 0.3) is 5.91 Å². The summed E-state index contributed by atoms with van der Waals surface area (Å²) in [5, 5.41) is 5.29. The molecule has 2 aromatic rings. The van der Waals surface area contributed by atoms with E-state index in [4.69, 9.17) is 0 Å². The molecule has 2 N–H and O–H groups in total. The first-order chi connectivity index (χ1) is 10.5. The Hall–Kier alpha value is -2.83. The predicted octanol–water partition coefficient (Wildman–Crippen LogP) is 2.72. The van der Waals surface area contributed by atoms with E-state index in [0.29, 0.717) is 12.4 Å². The van der Waals surface area contributed by atoms with Gasteiger partial charge in [0, 0.05) is 18.7 Å². The first-order valence-electron chi connectivity index (χ1n) is 6.46. The number of carbonyl (C=O) groups excluding carboxylic acids is 1. The van der Waals surface area contributed by atoms with E-state index < -0.39 is 17.5 Å². The number of nitrogens with zero attached hydrogens (tertiary/aromatic N) is 2. The summed E-state index contributed by atoms with van der Waals surface area (Å²) < 4.78 is 26.5. The van der Waals surface area contributed by atoms with Gasteiger partial charge in [-0.2, -0.15) is 0 Å². The third-order valence-corrected chi connectivity index (χ3v) is 2.67. The lowest BCUT2D eigenvalue weighted by Gasteiger charge is -2.09. The monoisotopic (exact) mass is 304 g/mol. The summed E-state index contributed by atoms with van der Waals surface area (Å²) in [5.41, 5.74) is 0.191. The Morgan fingerprint density at radius 1 is 1.32 bits per heavy atom. The first kappa shape index (κ1) is 15.6. The maximum atomic E-state index is 13.6. The number of anilines is 2. The molecule has 1 amide bonds. The van der Waals surface area contributed by atoms with Crippen LogP contribution in [0.4, 0.5) is 20.3 Å². The van der Waals surface area contributed by atoms with Crippen molar-refractivity contribution in [3.8, 4) is 0 Å². The van der Waals surface area contributed by atoms with E-state index in [-0.39, 0.29) is 17.2 Å². The number of hydrogen-bond donors (Lipinski definition) is 2. The van der Waals surface area contributed by atoms with Gasteiger partial charge < -0.3 is 10.6 Å². The van der Waals surface area contributed by atoms with Crippen LogP contribution in [0.3, 0.4) is 0 Å². The zero-order chi connectivity index (χ0) is 16.1. The van der Waals surface area contributed by atoms with Crippen LogP contribution in [-0.2, 0) is 0 Å². The van der Waals surface area contributed by atoms with Crippen LogP contribution in [0.2, 0.25) is 0 Å². The van der Waals surface area contributed by atoms with Crippen molar-refractivity contribution >= 4 is 17.4 Å². The van der Waals surface area contributed by atoms with E-state index >= 15 is 0 Å². The van der Waals surface area contributed by atoms with Crippen LogP contribution in [-0.4, -0.2) is 22.4 Å². The molecule has 0 aliphatic heterocycles. The molecule has 1 aromatic heterocycles. The zero-order valence-electron chi connectivity index (χ0n) is 11.9. The summed E-state index contributed by atoms with van der Waals surface area (Å²) in [6.07, 6.45) is 1.54. The van der Waals surface area contributed by atoms with E-state index in [1.54, 1.807) is 13.0 Å². The number of halogens is 2. The van der Waals surface area contributed by atoms with Crippen LogP contribution >= 0.6 is 0 Å². The van der Waals surface area contributed by atoms with Crippen molar-refractivity contribution in [1.82, 2.24) is 15.3 Å². The molecule has 5 nitrogen and oxygen atoms in total. The summed E-state index contributed by atoms with van der Waals surface area (Å²) in [6.45, 7) is 5.41. The number of benzene rings is 1. The second-order valence-corrected chi connectivity index (χ2v) is 4.43. The lowest BCUT2D eigenvalue weighted by molar-refractivity contribution is 0.0952. The zero-order valence-corrected chi connectivity index (χ0v) is 11.9. The van der Waals surface area contributed by atoms with Crippen LogP contribution in [0.1, 0.15) is 16.3 Å². The minimum Gasteiger partial charge on any atom is -0.347 e. The van der Waals surface area contributed by atoms with Gasteiger partial charge in [-0.05, 0) is 19.1 Å².